The highest BCUT2D eigenvalue weighted by Crippen LogP contribution is 2.34. The van der Waals surface area contributed by atoms with Gasteiger partial charge >= 0.3 is 0 Å². The molecular weight excluding hydrogens is 128 g/mol. The molecule has 0 spiro atoms. The van der Waals surface area contributed by atoms with E-state index >= 15 is 0 Å². The average Bonchev–Trinajstić information content (AvgIpc) is 2.66. The van der Waals surface area contributed by atoms with E-state index < -0.39 is 5.60 Å². The molecule has 0 aromatic carbocycles. The smallest absolute Gasteiger partial charge is 0.151 e. The van der Waals surface area contributed by atoms with Crippen LogP contribution < -0.4 is 0 Å². The lowest BCUT2D eigenvalue weighted by Crippen LogP contribution is -2.25. The molecule has 1 atom stereocenters. The van der Waals surface area contributed by atoms with Crippen molar-refractivity contribution in [3.63, 3.8) is 0 Å². The van der Waals surface area contributed by atoms with Gasteiger partial charge in [0.15, 0.2) is 6.29 Å². The van der Waals surface area contributed by atoms with Crippen LogP contribution >= 0.6 is 0 Å². The number of aliphatic hydroxyl groups is 1. The highest BCUT2D eigenvalue weighted by molar-refractivity contribution is 5.60. The summed E-state index contributed by atoms with van der Waals surface area (Å²) in [6.45, 7) is 1.57. The average molecular weight is 142 g/mol. The Bertz CT molecular complexity index is 125. The molecule has 0 aromatic rings. The topological polar surface area (TPSA) is 37.3 Å². The third kappa shape index (κ3) is 2.48. The standard InChI is InChI=1S/C8H14O2/c1-8(10,6-9)5-4-7-2-3-7/h6-7,10H,2-5H2,1H3. The SMILES string of the molecule is CC(O)(C=O)CCC1CC1. The molecule has 0 bridgehead atoms. The molecule has 1 unspecified atom stereocenters. The van der Waals surface area contributed by atoms with E-state index in [2.05, 4.69) is 0 Å². The van der Waals surface area contributed by atoms with Crippen molar-refractivity contribution in [2.45, 2.75) is 38.2 Å². The first-order valence-electron chi connectivity index (χ1n) is 3.83. The van der Waals surface area contributed by atoms with Crippen molar-refractivity contribution in [2.75, 3.05) is 0 Å². The van der Waals surface area contributed by atoms with E-state index in [-0.39, 0.29) is 0 Å². The first-order valence-corrected chi connectivity index (χ1v) is 3.83. The molecule has 0 heterocycles. The maximum atomic E-state index is 10.2. The number of carbonyl (C=O) groups excluding carboxylic acids is 1. The van der Waals surface area contributed by atoms with Crippen molar-refractivity contribution in [2.24, 2.45) is 5.92 Å². The van der Waals surface area contributed by atoms with Crippen LogP contribution in [0.15, 0.2) is 0 Å². The highest BCUT2D eigenvalue weighted by atomic mass is 16.3. The molecule has 0 radical (unpaired) electrons. The molecule has 1 aliphatic carbocycles. The van der Waals surface area contributed by atoms with Gasteiger partial charge in [-0.25, -0.2) is 0 Å². The quantitative estimate of drug-likeness (QED) is 0.597. The first kappa shape index (κ1) is 7.73. The Morgan fingerprint density at radius 2 is 2.30 bits per heavy atom. The predicted molar refractivity (Wildman–Crippen MR) is 38.6 cm³/mol. The molecule has 0 aliphatic heterocycles. The van der Waals surface area contributed by atoms with E-state index in [1.807, 2.05) is 0 Å². The lowest BCUT2D eigenvalue weighted by molar-refractivity contribution is -0.123. The zero-order valence-electron chi connectivity index (χ0n) is 6.34. The maximum absolute atomic E-state index is 10.2. The fraction of sp³-hybridized carbons (Fsp3) is 0.875. The zero-order chi connectivity index (χ0) is 7.61. The van der Waals surface area contributed by atoms with Crippen LogP contribution in [0.5, 0.6) is 0 Å². The number of carbonyl (C=O) groups is 1. The van der Waals surface area contributed by atoms with Crippen LogP contribution in [-0.4, -0.2) is 17.0 Å². The Kier molecular flexibility index (Phi) is 2.09. The number of aldehydes is 1. The fourth-order valence-corrected chi connectivity index (χ4v) is 0.962. The largest absolute Gasteiger partial charge is 0.383 e. The Labute approximate surface area is 61.2 Å². The van der Waals surface area contributed by atoms with Gasteiger partial charge in [-0.2, -0.15) is 0 Å². The van der Waals surface area contributed by atoms with Crippen LogP contribution in [0.1, 0.15) is 32.6 Å². The summed E-state index contributed by atoms with van der Waals surface area (Å²) in [4.78, 5) is 10.2. The first-order chi connectivity index (χ1) is 4.64. The van der Waals surface area contributed by atoms with Gasteiger partial charge in [0.05, 0.1) is 0 Å². The lowest BCUT2D eigenvalue weighted by atomic mass is 10.0. The minimum absolute atomic E-state index is 0.626. The van der Waals surface area contributed by atoms with Crippen LogP contribution in [0, 0.1) is 5.92 Å². The molecule has 0 amide bonds. The molecule has 2 heteroatoms. The molecule has 10 heavy (non-hydrogen) atoms. The van der Waals surface area contributed by atoms with Crippen LogP contribution in [0.4, 0.5) is 0 Å². The van der Waals surface area contributed by atoms with E-state index in [4.69, 9.17) is 0 Å². The summed E-state index contributed by atoms with van der Waals surface area (Å²) in [7, 11) is 0. The molecule has 1 aliphatic rings. The summed E-state index contributed by atoms with van der Waals surface area (Å²) in [6.07, 6.45) is 4.84. The molecule has 1 fully saturated rings. The summed E-state index contributed by atoms with van der Waals surface area (Å²) in [5.41, 5.74) is -1.07. The Morgan fingerprint density at radius 3 is 2.70 bits per heavy atom. The van der Waals surface area contributed by atoms with E-state index in [9.17, 15) is 9.90 Å². The molecule has 1 N–H and O–H groups in total. The van der Waals surface area contributed by atoms with Gasteiger partial charge in [0.1, 0.15) is 5.60 Å². The van der Waals surface area contributed by atoms with Gasteiger partial charge in [-0.15, -0.1) is 0 Å². The summed E-state index contributed by atoms with van der Waals surface area (Å²) in [5.74, 6) is 0.798. The predicted octanol–water partition coefficient (Wildman–Crippen LogP) is 1.13. The van der Waals surface area contributed by atoms with E-state index in [0.717, 1.165) is 12.3 Å². The van der Waals surface area contributed by atoms with Gasteiger partial charge < -0.3 is 9.90 Å². The summed E-state index contributed by atoms with van der Waals surface area (Å²) in [6, 6.07) is 0. The second-order valence-corrected chi connectivity index (χ2v) is 3.46. The van der Waals surface area contributed by atoms with Crippen LogP contribution in [0.25, 0.3) is 0 Å². The van der Waals surface area contributed by atoms with E-state index in [1.54, 1.807) is 6.92 Å². The van der Waals surface area contributed by atoms with Gasteiger partial charge in [-0.1, -0.05) is 12.8 Å². The van der Waals surface area contributed by atoms with Crippen molar-refractivity contribution >= 4 is 6.29 Å². The molecule has 0 aromatic heterocycles. The van der Waals surface area contributed by atoms with Gasteiger partial charge in [0, 0.05) is 0 Å². The number of hydrogen-bond acceptors (Lipinski definition) is 2. The van der Waals surface area contributed by atoms with E-state index in [0.29, 0.717) is 12.7 Å². The number of rotatable bonds is 4. The fourth-order valence-electron chi connectivity index (χ4n) is 0.962. The lowest BCUT2D eigenvalue weighted by Gasteiger charge is -2.14. The Morgan fingerprint density at radius 1 is 1.70 bits per heavy atom. The molecule has 2 nitrogen and oxygen atoms in total. The summed E-state index contributed by atoms with van der Waals surface area (Å²) < 4.78 is 0. The molecule has 1 saturated carbocycles. The molecule has 58 valence electrons. The van der Waals surface area contributed by atoms with Gasteiger partial charge in [0.25, 0.3) is 0 Å². The highest BCUT2D eigenvalue weighted by Gasteiger charge is 2.26. The summed E-state index contributed by atoms with van der Waals surface area (Å²) >= 11 is 0. The molecule has 1 rings (SSSR count). The second-order valence-electron chi connectivity index (χ2n) is 3.46. The third-order valence-corrected chi connectivity index (χ3v) is 2.01. The minimum Gasteiger partial charge on any atom is -0.383 e. The Hall–Kier alpha value is -0.370. The van der Waals surface area contributed by atoms with Gasteiger partial charge in [0.2, 0.25) is 0 Å². The van der Waals surface area contributed by atoms with Gasteiger partial charge in [-0.3, -0.25) is 0 Å². The van der Waals surface area contributed by atoms with Gasteiger partial charge in [-0.05, 0) is 25.7 Å². The third-order valence-electron chi connectivity index (χ3n) is 2.01. The van der Waals surface area contributed by atoms with Crippen molar-refractivity contribution in [3.8, 4) is 0 Å². The van der Waals surface area contributed by atoms with Crippen molar-refractivity contribution < 1.29 is 9.90 Å². The normalized spacial score (nSPS) is 23.8. The molecule has 0 saturated heterocycles. The van der Waals surface area contributed by atoms with Crippen molar-refractivity contribution in [1.82, 2.24) is 0 Å². The van der Waals surface area contributed by atoms with E-state index in [1.165, 1.54) is 12.8 Å². The minimum atomic E-state index is -1.07. The maximum Gasteiger partial charge on any atom is 0.151 e. The summed E-state index contributed by atoms with van der Waals surface area (Å²) in [5, 5.41) is 9.23. The second kappa shape index (κ2) is 2.70. The van der Waals surface area contributed by atoms with Crippen LogP contribution in [0.2, 0.25) is 0 Å². The number of hydrogen-bond donors (Lipinski definition) is 1. The van der Waals surface area contributed by atoms with Crippen LogP contribution in [0.3, 0.4) is 0 Å². The van der Waals surface area contributed by atoms with Crippen molar-refractivity contribution in [1.29, 1.82) is 0 Å². The molecular formula is C8H14O2. The van der Waals surface area contributed by atoms with Crippen LogP contribution in [-0.2, 0) is 4.79 Å². The zero-order valence-corrected chi connectivity index (χ0v) is 6.34. The van der Waals surface area contributed by atoms with Crippen molar-refractivity contribution in [3.05, 3.63) is 0 Å². The monoisotopic (exact) mass is 142 g/mol. The Balaban J connectivity index is 2.14.